The Hall–Kier alpha value is -1.07. The standard InChI is InChI=1S/C16H23NO3S/c1-20-14-8-6-13(7-9-14)16(12-4-5-12)17-11-15-3-2-10-21(15,18)19/h6-9,12,15-17H,2-5,10-11H2,1H3. The highest BCUT2D eigenvalue weighted by Crippen LogP contribution is 2.41. The molecule has 1 N–H and O–H groups in total. The van der Waals surface area contributed by atoms with Crippen LogP contribution in [-0.4, -0.2) is 33.1 Å². The van der Waals surface area contributed by atoms with Gasteiger partial charge in [-0.25, -0.2) is 8.42 Å². The van der Waals surface area contributed by atoms with Crippen molar-refractivity contribution in [1.82, 2.24) is 5.32 Å². The molecule has 2 aliphatic rings. The summed E-state index contributed by atoms with van der Waals surface area (Å²) in [6, 6.07) is 8.37. The zero-order chi connectivity index (χ0) is 14.9. The van der Waals surface area contributed by atoms with Gasteiger partial charge in [0.05, 0.1) is 18.1 Å². The van der Waals surface area contributed by atoms with Crippen molar-refractivity contribution >= 4 is 9.84 Å². The van der Waals surface area contributed by atoms with Crippen molar-refractivity contribution < 1.29 is 13.2 Å². The molecular formula is C16H23NO3S. The molecule has 2 unspecified atom stereocenters. The third-order valence-corrected chi connectivity index (χ3v) is 6.87. The van der Waals surface area contributed by atoms with Crippen molar-refractivity contribution in [2.24, 2.45) is 5.92 Å². The quantitative estimate of drug-likeness (QED) is 0.876. The Kier molecular flexibility index (Phi) is 4.22. The highest BCUT2D eigenvalue weighted by atomic mass is 32.2. The number of rotatable bonds is 6. The van der Waals surface area contributed by atoms with Crippen LogP contribution in [0.3, 0.4) is 0 Å². The molecule has 0 radical (unpaired) electrons. The molecule has 2 fully saturated rings. The van der Waals surface area contributed by atoms with Gasteiger partial charge in [-0.2, -0.15) is 0 Å². The number of sulfone groups is 1. The summed E-state index contributed by atoms with van der Waals surface area (Å²) in [6.07, 6.45) is 4.06. The van der Waals surface area contributed by atoms with Crippen LogP contribution in [0.2, 0.25) is 0 Å². The highest BCUT2D eigenvalue weighted by Gasteiger charge is 2.35. The molecule has 0 aromatic heterocycles. The fourth-order valence-electron chi connectivity index (χ4n) is 3.14. The summed E-state index contributed by atoms with van der Waals surface area (Å²) < 4.78 is 29.0. The number of methoxy groups -OCH3 is 1. The fourth-order valence-corrected chi connectivity index (χ4v) is 4.92. The lowest BCUT2D eigenvalue weighted by atomic mass is 10.0. The van der Waals surface area contributed by atoms with Gasteiger partial charge in [0.25, 0.3) is 0 Å². The maximum atomic E-state index is 11.9. The number of ether oxygens (including phenoxy) is 1. The lowest BCUT2D eigenvalue weighted by molar-refractivity contribution is 0.413. The molecule has 1 aromatic carbocycles. The SMILES string of the molecule is COc1ccc(C(NCC2CCCS2(=O)=O)C2CC2)cc1. The maximum absolute atomic E-state index is 11.9. The van der Waals surface area contributed by atoms with Crippen LogP contribution in [-0.2, 0) is 9.84 Å². The maximum Gasteiger partial charge on any atom is 0.154 e. The second-order valence-electron chi connectivity index (χ2n) is 6.13. The molecule has 3 rings (SSSR count). The Morgan fingerprint density at radius 1 is 1.24 bits per heavy atom. The number of nitrogens with one attached hydrogen (secondary N) is 1. The zero-order valence-corrected chi connectivity index (χ0v) is 13.2. The zero-order valence-electron chi connectivity index (χ0n) is 12.4. The van der Waals surface area contributed by atoms with Crippen LogP contribution in [0.1, 0.15) is 37.3 Å². The van der Waals surface area contributed by atoms with E-state index in [9.17, 15) is 8.42 Å². The summed E-state index contributed by atoms with van der Waals surface area (Å²) >= 11 is 0. The summed E-state index contributed by atoms with van der Waals surface area (Å²) in [6.45, 7) is 0.579. The van der Waals surface area contributed by atoms with E-state index in [4.69, 9.17) is 4.74 Å². The lowest BCUT2D eigenvalue weighted by Gasteiger charge is -2.21. The second-order valence-corrected chi connectivity index (χ2v) is 8.53. The molecule has 0 spiro atoms. The van der Waals surface area contributed by atoms with E-state index in [1.165, 1.54) is 18.4 Å². The normalized spacial score (nSPS) is 25.7. The third kappa shape index (κ3) is 3.40. The Morgan fingerprint density at radius 2 is 1.95 bits per heavy atom. The first kappa shape index (κ1) is 14.9. The predicted octanol–water partition coefficient (Wildman–Crippen LogP) is 2.31. The van der Waals surface area contributed by atoms with Gasteiger partial charge in [-0.3, -0.25) is 0 Å². The molecule has 116 valence electrons. The molecule has 1 heterocycles. The van der Waals surface area contributed by atoms with Crippen LogP contribution in [0.15, 0.2) is 24.3 Å². The lowest BCUT2D eigenvalue weighted by Crippen LogP contribution is -2.34. The van der Waals surface area contributed by atoms with E-state index >= 15 is 0 Å². The van der Waals surface area contributed by atoms with Crippen LogP contribution >= 0.6 is 0 Å². The molecule has 1 saturated heterocycles. The smallest absolute Gasteiger partial charge is 0.154 e. The molecule has 1 saturated carbocycles. The van der Waals surface area contributed by atoms with E-state index in [1.807, 2.05) is 12.1 Å². The first-order valence-corrected chi connectivity index (χ1v) is 9.40. The van der Waals surface area contributed by atoms with E-state index in [-0.39, 0.29) is 11.3 Å². The third-order valence-electron chi connectivity index (χ3n) is 4.60. The predicted molar refractivity (Wildman–Crippen MR) is 83.3 cm³/mol. The summed E-state index contributed by atoms with van der Waals surface area (Å²) in [5.74, 6) is 1.85. The molecule has 1 aromatic rings. The second kappa shape index (κ2) is 5.97. The van der Waals surface area contributed by atoms with Crippen LogP contribution in [0, 0.1) is 5.92 Å². The molecule has 0 amide bonds. The van der Waals surface area contributed by atoms with Crippen LogP contribution in [0.4, 0.5) is 0 Å². The van der Waals surface area contributed by atoms with Crippen molar-refractivity contribution in [3.63, 3.8) is 0 Å². The Bertz CT molecular complexity index is 578. The Labute approximate surface area is 126 Å². The van der Waals surface area contributed by atoms with Gasteiger partial charge >= 0.3 is 0 Å². The van der Waals surface area contributed by atoms with Crippen molar-refractivity contribution in [2.45, 2.75) is 37.0 Å². The average molecular weight is 309 g/mol. The van der Waals surface area contributed by atoms with Gasteiger partial charge < -0.3 is 10.1 Å². The molecular weight excluding hydrogens is 286 g/mol. The van der Waals surface area contributed by atoms with Gasteiger partial charge in [0, 0.05) is 12.6 Å². The minimum Gasteiger partial charge on any atom is -0.497 e. The average Bonchev–Trinajstić information content (AvgIpc) is 3.25. The Balaban J connectivity index is 1.67. The molecule has 21 heavy (non-hydrogen) atoms. The van der Waals surface area contributed by atoms with Crippen LogP contribution < -0.4 is 10.1 Å². The number of hydrogen-bond donors (Lipinski definition) is 1. The van der Waals surface area contributed by atoms with Crippen molar-refractivity contribution in [2.75, 3.05) is 19.4 Å². The summed E-state index contributed by atoms with van der Waals surface area (Å²) in [7, 11) is -1.20. The minimum atomic E-state index is -2.86. The van der Waals surface area contributed by atoms with Crippen molar-refractivity contribution in [3.8, 4) is 5.75 Å². The van der Waals surface area contributed by atoms with Gasteiger partial charge in [-0.1, -0.05) is 12.1 Å². The molecule has 1 aliphatic carbocycles. The van der Waals surface area contributed by atoms with Gasteiger partial charge in [0.1, 0.15) is 5.75 Å². The van der Waals surface area contributed by atoms with Crippen molar-refractivity contribution in [1.29, 1.82) is 0 Å². The summed E-state index contributed by atoms with van der Waals surface area (Å²) in [5, 5.41) is 3.32. The molecule has 1 aliphatic heterocycles. The summed E-state index contributed by atoms with van der Waals surface area (Å²) in [4.78, 5) is 0. The first-order chi connectivity index (χ1) is 10.1. The topological polar surface area (TPSA) is 55.4 Å². The fraction of sp³-hybridized carbons (Fsp3) is 0.625. The molecule has 2 atom stereocenters. The number of benzene rings is 1. The van der Waals surface area contributed by atoms with E-state index in [2.05, 4.69) is 17.4 Å². The first-order valence-electron chi connectivity index (χ1n) is 7.69. The molecule has 4 nitrogen and oxygen atoms in total. The Morgan fingerprint density at radius 3 is 2.48 bits per heavy atom. The van der Waals surface area contributed by atoms with E-state index < -0.39 is 9.84 Å². The van der Waals surface area contributed by atoms with E-state index in [1.54, 1.807) is 7.11 Å². The number of hydrogen-bond acceptors (Lipinski definition) is 4. The largest absolute Gasteiger partial charge is 0.497 e. The summed E-state index contributed by atoms with van der Waals surface area (Å²) in [5.41, 5.74) is 1.23. The van der Waals surface area contributed by atoms with Crippen LogP contribution in [0.25, 0.3) is 0 Å². The monoisotopic (exact) mass is 309 g/mol. The van der Waals surface area contributed by atoms with Gasteiger partial charge in [-0.05, 0) is 49.3 Å². The molecule has 5 heteroatoms. The van der Waals surface area contributed by atoms with E-state index in [0.29, 0.717) is 18.2 Å². The molecule has 0 bridgehead atoms. The van der Waals surface area contributed by atoms with Gasteiger partial charge in [0.15, 0.2) is 9.84 Å². The highest BCUT2D eigenvalue weighted by molar-refractivity contribution is 7.92. The van der Waals surface area contributed by atoms with Gasteiger partial charge in [-0.15, -0.1) is 0 Å². The van der Waals surface area contributed by atoms with Crippen molar-refractivity contribution in [3.05, 3.63) is 29.8 Å². The van der Waals surface area contributed by atoms with Gasteiger partial charge in [0.2, 0.25) is 0 Å². The minimum absolute atomic E-state index is 0.197. The van der Waals surface area contributed by atoms with Crippen LogP contribution in [0.5, 0.6) is 5.75 Å². The van der Waals surface area contributed by atoms with E-state index in [0.717, 1.165) is 18.6 Å².